The van der Waals surface area contributed by atoms with Crippen LogP contribution >= 0.6 is 0 Å². The van der Waals surface area contributed by atoms with Gasteiger partial charge in [0.25, 0.3) is 0 Å². The molecule has 0 heterocycles. The fraction of sp³-hybridized carbons (Fsp3) is 0.462. The van der Waals surface area contributed by atoms with E-state index in [9.17, 15) is 4.79 Å². The van der Waals surface area contributed by atoms with Crippen LogP contribution in [0.3, 0.4) is 0 Å². The Labute approximate surface area is 91.7 Å². The molecule has 1 N–H and O–H groups in total. The minimum Gasteiger partial charge on any atom is -0.304 e. The summed E-state index contributed by atoms with van der Waals surface area (Å²) in [6.07, 6.45) is 1.34. The van der Waals surface area contributed by atoms with Crippen molar-refractivity contribution in [2.45, 2.75) is 32.2 Å². The normalized spacial score (nSPS) is 14.6. The maximum Gasteiger partial charge on any atom is 0.157 e. The lowest BCUT2D eigenvalue weighted by Gasteiger charge is -2.31. The Morgan fingerprint density at radius 3 is 2.27 bits per heavy atom. The second-order valence-electron chi connectivity index (χ2n) is 3.65. The first-order chi connectivity index (χ1) is 7.21. The van der Waals surface area contributed by atoms with Crippen LogP contribution in [0.2, 0.25) is 0 Å². The van der Waals surface area contributed by atoms with Crippen LogP contribution in [0.15, 0.2) is 30.3 Å². The van der Waals surface area contributed by atoms with E-state index in [0.717, 1.165) is 12.0 Å². The van der Waals surface area contributed by atoms with Gasteiger partial charge in [0.05, 0.1) is 0 Å². The van der Waals surface area contributed by atoms with Crippen LogP contribution in [0.4, 0.5) is 0 Å². The quantitative estimate of drug-likeness (QED) is 0.800. The number of carbonyl (C=O) groups excluding carboxylic acids is 1. The summed E-state index contributed by atoms with van der Waals surface area (Å²) < 4.78 is 0. The second kappa shape index (κ2) is 5.08. The Balaban J connectivity index is 3.17. The molecule has 0 saturated carbocycles. The molecule has 1 aromatic rings. The summed E-state index contributed by atoms with van der Waals surface area (Å²) in [6.45, 7) is 3.95. The maximum atomic E-state index is 12.0. The average Bonchev–Trinajstić information content (AvgIpc) is 2.32. The molecule has 0 saturated heterocycles. The van der Waals surface area contributed by atoms with Crippen LogP contribution in [0.25, 0.3) is 0 Å². The van der Waals surface area contributed by atoms with Crippen molar-refractivity contribution in [2.24, 2.45) is 0 Å². The van der Waals surface area contributed by atoms with Crippen molar-refractivity contribution in [3.05, 3.63) is 35.9 Å². The molecule has 0 radical (unpaired) electrons. The van der Waals surface area contributed by atoms with Gasteiger partial charge in [0, 0.05) is 6.42 Å². The van der Waals surface area contributed by atoms with E-state index in [-0.39, 0.29) is 5.78 Å². The topological polar surface area (TPSA) is 29.1 Å². The molecule has 2 nitrogen and oxygen atoms in total. The Bertz CT molecular complexity index is 315. The SMILES string of the molecule is CCC(=O)C(CC)(NC)c1ccccc1. The number of rotatable bonds is 5. The lowest BCUT2D eigenvalue weighted by atomic mass is 9.82. The molecule has 82 valence electrons. The lowest BCUT2D eigenvalue weighted by Crippen LogP contribution is -2.46. The first-order valence-corrected chi connectivity index (χ1v) is 5.49. The van der Waals surface area contributed by atoms with Crippen LogP contribution in [0.5, 0.6) is 0 Å². The van der Waals surface area contributed by atoms with Gasteiger partial charge in [0.1, 0.15) is 5.54 Å². The van der Waals surface area contributed by atoms with Gasteiger partial charge in [0.2, 0.25) is 0 Å². The van der Waals surface area contributed by atoms with E-state index in [1.807, 2.05) is 51.2 Å². The molecule has 0 aromatic heterocycles. The van der Waals surface area contributed by atoms with E-state index >= 15 is 0 Å². The maximum absolute atomic E-state index is 12.0. The Kier molecular flexibility index (Phi) is 4.04. The summed E-state index contributed by atoms with van der Waals surface area (Å²) in [6, 6.07) is 9.93. The van der Waals surface area contributed by atoms with Gasteiger partial charge in [-0.1, -0.05) is 44.2 Å². The smallest absolute Gasteiger partial charge is 0.157 e. The van der Waals surface area contributed by atoms with Gasteiger partial charge in [-0.25, -0.2) is 0 Å². The zero-order valence-electron chi connectivity index (χ0n) is 9.71. The minimum absolute atomic E-state index is 0.249. The highest BCUT2D eigenvalue weighted by Crippen LogP contribution is 2.26. The number of ketones is 1. The van der Waals surface area contributed by atoms with Crippen LogP contribution < -0.4 is 5.32 Å². The number of hydrogen-bond acceptors (Lipinski definition) is 2. The zero-order valence-corrected chi connectivity index (χ0v) is 9.71. The third-order valence-electron chi connectivity index (χ3n) is 3.02. The van der Waals surface area contributed by atoms with Crippen molar-refractivity contribution in [2.75, 3.05) is 7.05 Å². The third kappa shape index (κ3) is 2.10. The molecule has 1 unspecified atom stereocenters. The average molecular weight is 205 g/mol. The van der Waals surface area contributed by atoms with Crippen LogP contribution in [0, 0.1) is 0 Å². The third-order valence-corrected chi connectivity index (χ3v) is 3.02. The van der Waals surface area contributed by atoms with Crippen LogP contribution in [-0.4, -0.2) is 12.8 Å². The lowest BCUT2D eigenvalue weighted by molar-refractivity contribution is -0.125. The zero-order chi connectivity index (χ0) is 11.3. The van der Waals surface area contributed by atoms with E-state index in [4.69, 9.17) is 0 Å². The first kappa shape index (κ1) is 11.9. The predicted molar refractivity (Wildman–Crippen MR) is 62.8 cm³/mol. The van der Waals surface area contributed by atoms with E-state index < -0.39 is 5.54 Å². The van der Waals surface area contributed by atoms with E-state index in [0.29, 0.717) is 6.42 Å². The molecule has 0 bridgehead atoms. The number of benzene rings is 1. The van der Waals surface area contributed by atoms with Gasteiger partial charge in [0.15, 0.2) is 5.78 Å². The molecule has 0 amide bonds. The number of likely N-dealkylation sites (N-methyl/N-ethyl adjacent to an activating group) is 1. The van der Waals surface area contributed by atoms with Crippen LogP contribution in [-0.2, 0) is 10.3 Å². The molecule has 15 heavy (non-hydrogen) atoms. The van der Waals surface area contributed by atoms with E-state index in [2.05, 4.69) is 5.32 Å². The Morgan fingerprint density at radius 2 is 1.87 bits per heavy atom. The summed E-state index contributed by atoms with van der Waals surface area (Å²) >= 11 is 0. The molecule has 0 aliphatic carbocycles. The largest absolute Gasteiger partial charge is 0.304 e. The van der Waals surface area contributed by atoms with E-state index in [1.54, 1.807) is 0 Å². The van der Waals surface area contributed by atoms with Crippen LogP contribution in [0.1, 0.15) is 32.3 Å². The first-order valence-electron chi connectivity index (χ1n) is 5.49. The highest BCUT2D eigenvalue weighted by molar-refractivity contribution is 5.89. The summed E-state index contributed by atoms with van der Waals surface area (Å²) in [5.74, 6) is 0.249. The standard InChI is InChI=1S/C13H19NO/c1-4-12(15)13(5-2,14-3)11-9-7-6-8-10-11/h6-10,14H,4-5H2,1-3H3. The van der Waals surface area contributed by atoms with Gasteiger partial charge < -0.3 is 5.32 Å². The van der Waals surface area contributed by atoms with Crippen molar-refractivity contribution in [1.82, 2.24) is 5.32 Å². The molecule has 1 aromatic carbocycles. The summed E-state index contributed by atoms with van der Waals surface area (Å²) in [7, 11) is 1.85. The van der Waals surface area contributed by atoms with Gasteiger partial charge in [-0.2, -0.15) is 0 Å². The molecular formula is C13H19NO. The highest BCUT2D eigenvalue weighted by Gasteiger charge is 2.34. The second-order valence-corrected chi connectivity index (χ2v) is 3.65. The van der Waals surface area contributed by atoms with Gasteiger partial charge in [-0.3, -0.25) is 4.79 Å². The monoisotopic (exact) mass is 205 g/mol. The fourth-order valence-corrected chi connectivity index (χ4v) is 2.05. The predicted octanol–water partition coefficient (Wildman–Crippen LogP) is 2.49. The van der Waals surface area contributed by atoms with E-state index in [1.165, 1.54) is 0 Å². The number of nitrogens with one attached hydrogen (secondary N) is 1. The van der Waals surface area contributed by atoms with Crippen molar-refractivity contribution in [3.8, 4) is 0 Å². The molecule has 1 atom stereocenters. The van der Waals surface area contributed by atoms with Crippen molar-refractivity contribution in [1.29, 1.82) is 0 Å². The fourth-order valence-electron chi connectivity index (χ4n) is 2.05. The molecular weight excluding hydrogens is 186 g/mol. The van der Waals surface area contributed by atoms with Crippen molar-refractivity contribution >= 4 is 5.78 Å². The molecule has 0 spiro atoms. The molecule has 1 rings (SSSR count). The number of Topliss-reactive ketones (excluding diaryl/α,β-unsaturated/α-hetero) is 1. The summed E-state index contributed by atoms with van der Waals surface area (Å²) in [5.41, 5.74) is 0.553. The van der Waals surface area contributed by atoms with Crippen molar-refractivity contribution < 1.29 is 4.79 Å². The summed E-state index contributed by atoms with van der Waals surface area (Å²) in [5, 5.41) is 3.18. The van der Waals surface area contributed by atoms with Gasteiger partial charge in [-0.15, -0.1) is 0 Å². The molecule has 0 aliphatic heterocycles. The number of carbonyl (C=O) groups is 1. The van der Waals surface area contributed by atoms with Gasteiger partial charge in [-0.05, 0) is 19.0 Å². The highest BCUT2D eigenvalue weighted by atomic mass is 16.1. The minimum atomic E-state index is -0.504. The van der Waals surface area contributed by atoms with Gasteiger partial charge >= 0.3 is 0 Å². The molecule has 2 heteroatoms. The Hall–Kier alpha value is -1.15. The Morgan fingerprint density at radius 1 is 1.27 bits per heavy atom. The summed E-state index contributed by atoms with van der Waals surface area (Å²) in [4.78, 5) is 12.0. The molecule has 0 aliphatic rings. The number of hydrogen-bond donors (Lipinski definition) is 1. The molecule has 0 fully saturated rings. The van der Waals surface area contributed by atoms with Crippen molar-refractivity contribution in [3.63, 3.8) is 0 Å².